The van der Waals surface area contributed by atoms with Crippen LogP contribution >= 0.6 is 12.4 Å². The van der Waals surface area contributed by atoms with E-state index in [1.165, 1.54) is 12.8 Å². The molecule has 0 spiro atoms. The summed E-state index contributed by atoms with van der Waals surface area (Å²) in [6, 6.07) is 0. The molecular weight excluding hydrogens is 505 g/mol. The van der Waals surface area contributed by atoms with Crippen molar-refractivity contribution >= 4 is 34.5 Å². The second kappa shape index (κ2) is 28.7. The number of halogens is 1. The molecule has 0 bridgehead atoms. The molecule has 0 heterocycles. The minimum Gasteiger partial charge on any atom is -0.747 e. The van der Waals surface area contributed by atoms with Crippen LogP contribution in [-0.2, 0) is 29.2 Å². The molecule has 0 fully saturated rings. The Balaban J connectivity index is -0.000000395. The zero-order valence-electron chi connectivity index (χ0n) is 23.3. The molecule has 208 valence electrons. The summed E-state index contributed by atoms with van der Waals surface area (Å²) in [6.07, 6.45) is 9.22. The maximum Gasteiger partial charge on any atom is 1.00 e. The summed E-state index contributed by atoms with van der Waals surface area (Å²) in [7, 11) is -5.01. The minimum absolute atomic E-state index is 0. The van der Waals surface area contributed by atoms with Crippen LogP contribution in [-0.4, -0.2) is 43.4 Å². The van der Waals surface area contributed by atoms with E-state index in [0.29, 0.717) is 0 Å². The fourth-order valence-corrected chi connectivity index (χ4v) is 3.46. The second-order valence-electron chi connectivity index (χ2n) is 8.33. The molecule has 3 unspecified atom stereocenters. The van der Waals surface area contributed by atoms with Gasteiger partial charge >= 0.3 is 41.5 Å². The van der Waals surface area contributed by atoms with Gasteiger partial charge in [-0.05, 0) is 24.7 Å². The van der Waals surface area contributed by atoms with Gasteiger partial charge in [0.05, 0.1) is 19.6 Å². The van der Waals surface area contributed by atoms with Crippen LogP contribution in [0.15, 0.2) is 0 Å². The van der Waals surface area contributed by atoms with Crippen molar-refractivity contribution in [2.45, 2.75) is 117 Å². The summed E-state index contributed by atoms with van der Waals surface area (Å²) in [5, 5.41) is -2.06. The van der Waals surface area contributed by atoms with Crippen LogP contribution in [0.25, 0.3) is 0 Å². The van der Waals surface area contributed by atoms with Gasteiger partial charge in [-0.1, -0.05) is 92.9 Å². The monoisotopic (exact) mass is 555 g/mol. The molecule has 0 saturated heterocycles. The van der Waals surface area contributed by atoms with Crippen molar-refractivity contribution < 1.29 is 61.6 Å². The molecule has 35 heavy (non-hydrogen) atoms. The van der Waals surface area contributed by atoms with Crippen molar-refractivity contribution in [3.63, 3.8) is 0 Å². The molecule has 0 aromatic heterocycles. The largest absolute Gasteiger partial charge is 1.00 e. The average molecular weight is 556 g/mol. The summed E-state index contributed by atoms with van der Waals surface area (Å²) >= 11 is 0. The van der Waals surface area contributed by atoms with Crippen LogP contribution in [0.3, 0.4) is 0 Å². The molecule has 8 nitrogen and oxygen atoms in total. The summed E-state index contributed by atoms with van der Waals surface area (Å²) in [5.74, 6) is -1.74. The van der Waals surface area contributed by atoms with E-state index in [9.17, 15) is 22.6 Å². The van der Waals surface area contributed by atoms with Gasteiger partial charge in [-0.3, -0.25) is 9.59 Å². The van der Waals surface area contributed by atoms with E-state index in [0.717, 1.165) is 51.4 Å². The van der Waals surface area contributed by atoms with Gasteiger partial charge < -0.3 is 20.2 Å². The number of esters is 2. The second-order valence-corrected chi connectivity index (χ2v) is 9.89. The zero-order valence-corrected chi connectivity index (χ0v) is 26.9. The zero-order chi connectivity index (χ0) is 25.0. The molecule has 11 heteroatoms. The number of carbonyl (C=O) groups is 2. The molecule has 0 radical (unpaired) electrons. The van der Waals surface area contributed by atoms with E-state index in [1.54, 1.807) is 0 Å². The molecule has 0 aliphatic carbocycles. The first kappa shape index (κ1) is 45.0. The van der Waals surface area contributed by atoms with E-state index >= 15 is 0 Å². The van der Waals surface area contributed by atoms with Gasteiger partial charge in [0.2, 0.25) is 0 Å². The van der Waals surface area contributed by atoms with Crippen molar-refractivity contribution in [3.05, 3.63) is 0 Å². The van der Waals surface area contributed by atoms with Gasteiger partial charge in [0.25, 0.3) is 0 Å². The molecule has 0 aliphatic heterocycles. The van der Waals surface area contributed by atoms with Crippen molar-refractivity contribution in [2.75, 3.05) is 13.2 Å². The van der Waals surface area contributed by atoms with E-state index in [1.807, 2.05) is 13.8 Å². The predicted octanol–water partition coefficient (Wildman–Crippen LogP) is 3.20. The molecular formula is C24H51ClNNaO7S. The topological polar surface area (TPSA) is 145 Å². The van der Waals surface area contributed by atoms with Crippen LogP contribution in [0.2, 0.25) is 0 Å². The Morgan fingerprint density at radius 1 is 0.771 bits per heavy atom. The fraction of sp³-hybridized carbons (Fsp3) is 0.917. The SMILES string of the molecule is CCCC.CCCCC(CC)COC(=O)CC(C(=O)OCC(CC)CCCC)S(=O)(=O)[O-].Cl.N.[Na+]. The third kappa shape index (κ3) is 25.5. The van der Waals surface area contributed by atoms with Crippen LogP contribution in [0, 0.1) is 11.8 Å². The van der Waals surface area contributed by atoms with Gasteiger partial charge in [-0.2, -0.15) is 0 Å². The molecule has 0 aromatic rings. The Kier molecular flexibility index (Phi) is 36.9. The van der Waals surface area contributed by atoms with Crippen LogP contribution in [0.5, 0.6) is 0 Å². The summed E-state index contributed by atoms with van der Waals surface area (Å²) in [4.78, 5) is 24.1. The van der Waals surface area contributed by atoms with Crippen molar-refractivity contribution in [1.82, 2.24) is 6.15 Å². The Morgan fingerprint density at radius 2 is 1.17 bits per heavy atom. The summed E-state index contributed by atoms with van der Waals surface area (Å²) in [6.45, 7) is 12.6. The van der Waals surface area contributed by atoms with Crippen LogP contribution in [0.4, 0.5) is 0 Å². The smallest absolute Gasteiger partial charge is 0.747 e. The van der Waals surface area contributed by atoms with Crippen molar-refractivity contribution in [1.29, 1.82) is 0 Å². The van der Waals surface area contributed by atoms with Gasteiger partial charge in [0.15, 0.2) is 5.25 Å². The molecule has 0 saturated carbocycles. The molecule has 0 rings (SSSR count). The average Bonchev–Trinajstić information content (AvgIpc) is 2.76. The number of carbonyl (C=O) groups excluding carboxylic acids is 2. The molecule has 0 aliphatic rings. The molecule has 0 amide bonds. The third-order valence-corrected chi connectivity index (χ3v) is 6.55. The van der Waals surface area contributed by atoms with E-state index in [2.05, 4.69) is 27.7 Å². The predicted molar refractivity (Wildman–Crippen MR) is 139 cm³/mol. The summed E-state index contributed by atoms with van der Waals surface area (Å²) in [5.41, 5.74) is 0. The number of ether oxygens (including phenoxy) is 2. The van der Waals surface area contributed by atoms with Gasteiger partial charge in [0.1, 0.15) is 10.1 Å². The number of hydrogen-bond donors (Lipinski definition) is 1. The maximum absolute atomic E-state index is 12.1. The first-order chi connectivity index (χ1) is 15.1. The molecule has 0 aromatic carbocycles. The first-order valence-electron chi connectivity index (χ1n) is 12.4. The maximum atomic E-state index is 12.1. The van der Waals surface area contributed by atoms with Gasteiger partial charge in [0, 0.05) is 0 Å². The molecule has 3 N–H and O–H groups in total. The number of rotatable bonds is 17. The van der Waals surface area contributed by atoms with Crippen molar-refractivity contribution in [3.8, 4) is 0 Å². The Bertz CT molecular complexity index is 592. The standard InChI is InChI=1S/C20H38O7S.C4H10.ClH.H3N.Na/c1-5-9-11-16(7-3)14-26-19(21)13-18(28(23,24)25)20(22)27-15-17(8-4)12-10-6-2;1-3-4-2;;;/h16-18H,5-15H2,1-4H3,(H,23,24,25);3-4H2,1-2H3;1H;1H3;/q;;;;+1/p-1. The Labute approximate surface area is 243 Å². The first-order valence-corrected chi connectivity index (χ1v) is 13.8. The van der Waals surface area contributed by atoms with E-state index in [-0.39, 0.29) is 73.2 Å². The van der Waals surface area contributed by atoms with Gasteiger partial charge in [-0.15, -0.1) is 12.4 Å². The third-order valence-electron chi connectivity index (χ3n) is 5.49. The quantitative estimate of drug-likeness (QED) is 0.163. The van der Waals surface area contributed by atoms with Gasteiger partial charge in [-0.25, -0.2) is 8.42 Å². The number of hydrogen-bond acceptors (Lipinski definition) is 8. The Morgan fingerprint density at radius 3 is 1.49 bits per heavy atom. The normalized spacial score (nSPS) is 12.8. The Hall–Kier alpha value is 0.1000. The van der Waals surface area contributed by atoms with Crippen molar-refractivity contribution in [2.24, 2.45) is 11.8 Å². The summed E-state index contributed by atoms with van der Waals surface area (Å²) < 4.78 is 44.6. The number of unbranched alkanes of at least 4 members (excludes halogenated alkanes) is 3. The van der Waals surface area contributed by atoms with Crippen LogP contribution in [0.1, 0.15) is 112 Å². The molecule has 3 atom stereocenters. The minimum atomic E-state index is -5.01. The van der Waals surface area contributed by atoms with E-state index < -0.39 is 33.7 Å². The van der Waals surface area contributed by atoms with Crippen LogP contribution < -0.4 is 35.7 Å². The van der Waals surface area contributed by atoms with E-state index in [4.69, 9.17) is 9.47 Å². The fourth-order valence-electron chi connectivity index (χ4n) is 2.81.